The van der Waals surface area contributed by atoms with Crippen LogP contribution in [0.25, 0.3) is 22.3 Å². The van der Waals surface area contributed by atoms with Gasteiger partial charge in [-0.3, -0.25) is 0 Å². The smallest absolute Gasteiger partial charge is 0.264 e. The van der Waals surface area contributed by atoms with E-state index in [2.05, 4.69) is 227 Å². The molecule has 2 aliphatic heterocycles. The summed E-state index contributed by atoms with van der Waals surface area (Å²) in [6.45, 7) is 16.3. The predicted molar refractivity (Wildman–Crippen MR) is 257 cm³/mol. The number of anilines is 6. The van der Waals surface area contributed by atoms with Gasteiger partial charge in [0, 0.05) is 43.7 Å². The molecule has 7 aromatic carbocycles. The Kier molecular flexibility index (Phi) is 7.31. The molecule has 0 saturated carbocycles. The van der Waals surface area contributed by atoms with E-state index in [-0.39, 0.29) is 17.5 Å². The van der Waals surface area contributed by atoms with Gasteiger partial charge < -0.3 is 9.80 Å². The zero-order valence-electron chi connectivity index (χ0n) is 35.4. The molecule has 2 nitrogen and oxygen atoms in total. The number of fused-ring (bicyclic) bond motifs is 15. The van der Waals surface area contributed by atoms with Gasteiger partial charge in [0.05, 0.1) is 11.1 Å². The molecule has 4 aliphatic rings. The maximum absolute atomic E-state index is 2.63. The molecule has 1 spiro atoms. The lowest BCUT2D eigenvalue weighted by molar-refractivity contribution is 0.588. The molecule has 0 N–H and O–H groups in total. The van der Waals surface area contributed by atoms with Crippen molar-refractivity contribution in [2.24, 2.45) is 0 Å². The number of para-hydroxylation sites is 2. The van der Waals surface area contributed by atoms with E-state index in [4.69, 9.17) is 0 Å². The highest BCUT2D eigenvalue weighted by Crippen LogP contribution is 2.67. The number of benzene rings is 7. The standard InChI is InChI=1S/C56H47BN2S/c1-34-31-47-50-48(32-34)59(37-17-9-8-10-18-37)51-49-41-30-27-36(55(5,6)7)33-44(41)56(42-21-13-11-19-39(42)40-20-12-14-22-43(40)56)52(49)60-53(51)57(50)45-23-15-16-24-46(45)58(47)38-28-25-35(26-29-38)54(2,3)4/h8-33H,1-7H3. The summed E-state index contributed by atoms with van der Waals surface area (Å²) in [6.07, 6.45) is 0. The average molecular weight is 791 g/mol. The second kappa shape index (κ2) is 12.2. The van der Waals surface area contributed by atoms with Crippen molar-refractivity contribution in [2.75, 3.05) is 9.80 Å². The zero-order chi connectivity index (χ0) is 40.9. The molecular formula is C56H47BN2S. The van der Waals surface area contributed by atoms with Gasteiger partial charge in [-0.1, -0.05) is 157 Å². The van der Waals surface area contributed by atoms with Crippen LogP contribution in [0.2, 0.25) is 0 Å². The van der Waals surface area contributed by atoms with Crippen LogP contribution in [0.5, 0.6) is 0 Å². The van der Waals surface area contributed by atoms with E-state index in [0.29, 0.717) is 0 Å². The van der Waals surface area contributed by atoms with Crippen LogP contribution in [0.4, 0.5) is 34.1 Å². The summed E-state index contributed by atoms with van der Waals surface area (Å²) in [6, 6.07) is 60.5. The molecule has 0 amide bonds. The van der Waals surface area contributed by atoms with Gasteiger partial charge >= 0.3 is 0 Å². The zero-order valence-corrected chi connectivity index (χ0v) is 36.2. The van der Waals surface area contributed by atoms with Crippen LogP contribution in [0, 0.1) is 6.92 Å². The van der Waals surface area contributed by atoms with Gasteiger partial charge in [-0.25, -0.2) is 0 Å². The number of aryl methyl sites for hydroxylation is 1. The molecule has 12 rings (SSSR count). The van der Waals surface area contributed by atoms with Crippen LogP contribution < -0.4 is 25.5 Å². The average Bonchev–Trinajstić information content (AvgIpc) is 3.87. The molecule has 60 heavy (non-hydrogen) atoms. The number of rotatable bonds is 2. The fourth-order valence-corrected chi connectivity index (χ4v) is 12.7. The Labute approximate surface area is 358 Å². The summed E-state index contributed by atoms with van der Waals surface area (Å²) >= 11 is 2.06. The maximum atomic E-state index is 2.63. The van der Waals surface area contributed by atoms with Crippen molar-refractivity contribution in [1.29, 1.82) is 0 Å². The molecule has 3 heterocycles. The molecule has 2 aliphatic carbocycles. The summed E-state index contributed by atoms with van der Waals surface area (Å²) in [5.74, 6) is 0. The number of hydrogen-bond donors (Lipinski definition) is 0. The molecule has 0 saturated heterocycles. The lowest BCUT2D eigenvalue weighted by Crippen LogP contribution is -2.60. The van der Waals surface area contributed by atoms with Gasteiger partial charge in [-0.05, 0) is 121 Å². The van der Waals surface area contributed by atoms with Gasteiger partial charge in [0.15, 0.2) is 0 Å². The lowest BCUT2D eigenvalue weighted by atomic mass is 9.36. The van der Waals surface area contributed by atoms with E-state index in [9.17, 15) is 0 Å². The monoisotopic (exact) mass is 790 g/mol. The molecule has 290 valence electrons. The Bertz CT molecular complexity index is 3040. The number of nitrogens with zero attached hydrogens (tertiary/aromatic N) is 2. The van der Waals surface area contributed by atoms with Crippen LogP contribution in [-0.2, 0) is 16.2 Å². The highest BCUT2D eigenvalue weighted by atomic mass is 32.1. The third-order valence-electron chi connectivity index (χ3n) is 13.8. The van der Waals surface area contributed by atoms with Gasteiger partial charge in [-0.15, -0.1) is 11.3 Å². The fraction of sp³-hybridized carbons (Fsp3) is 0.179. The SMILES string of the molecule is Cc1cc2c3c(c1)N(c1ccccc1)c1c(sc4c1-c1ccc(C(C)(C)C)cc1C41c4ccccc4-c4ccccc41)B3c1ccccc1N2c1ccc(C(C)(C)C)cc1. The van der Waals surface area contributed by atoms with Gasteiger partial charge in [-0.2, -0.15) is 0 Å². The molecule has 0 atom stereocenters. The van der Waals surface area contributed by atoms with Crippen molar-refractivity contribution in [1.82, 2.24) is 0 Å². The van der Waals surface area contributed by atoms with E-state index >= 15 is 0 Å². The van der Waals surface area contributed by atoms with Gasteiger partial charge in [0.2, 0.25) is 0 Å². The van der Waals surface area contributed by atoms with Crippen molar-refractivity contribution in [3.63, 3.8) is 0 Å². The summed E-state index contributed by atoms with van der Waals surface area (Å²) < 4.78 is 1.42. The highest BCUT2D eigenvalue weighted by Gasteiger charge is 2.57. The fourth-order valence-electron chi connectivity index (χ4n) is 11.1. The normalized spacial score (nSPS) is 14.9. The van der Waals surface area contributed by atoms with Gasteiger partial charge in [0.25, 0.3) is 6.71 Å². The first-order chi connectivity index (χ1) is 29.0. The Balaban J connectivity index is 1.21. The third-order valence-corrected chi connectivity index (χ3v) is 15.2. The Hall–Kier alpha value is -6.10. The second-order valence-electron chi connectivity index (χ2n) is 19.4. The van der Waals surface area contributed by atoms with E-state index in [1.165, 1.54) is 110 Å². The van der Waals surface area contributed by atoms with Crippen molar-refractivity contribution in [2.45, 2.75) is 64.7 Å². The Morgan fingerprint density at radius 1 is 0.500 bits per heavy atom. The third kappa shape index (κ3) is 4.66. The molecule has 0 unspecified atom stereocenters. The quantitative estimate of drug-likeness (QED) is 0.161. The largest absolute Gasteiger partial charge is 0.311 e. The molecular weight excluding hydrogens is 744 g/mol. The topological polar surface area (TPSA) is 6.48 Å². The minimum absolute atomic E-state index is 0.00298. The minimum Gasteiger partial charge on any atom is -0.311 e. The van der Waals surface area contributed by atoms with E-state index < -0.39 is 5.41 Å². The van der Waals surface area contributed by atoms with E-state index in [1.807, 2.05) is 0 Å². The molecule has 4 heteroatoms. The maximum Gasteiger partial charge on any atom is 0.264 e. The lowest BCUT2D eigenvalue weighted by Gasteiger charge is -2.43. The van der Waals surface area contributed by atoms with Crippen LogP contribution in [0.15, 0.2) is 158 Å². The van der Waals surface area contributed by atoms with Gasteiger partial charge in [0.1, 0.15) is 0 Å². The Morgan fingerprint density at radius 2 is 1.07 bits per heavy atom. The highest BCUT2D eigenvalue weighted by molar-refractivity contribution is 7.30. The van der Waals surface area contributed by atoms with Crippen LogP contribution in [0.3, 0.4) is 0 Å². The first-order valence-electron chi connectivity index (χ1n) is 21.5. The second-order valence-corrected chi connectivity index (χ2v) is 20.4. The van der Waals surface area contributed by atoms with E-state index in [0.717, 1.165) is 0 Å². The van der Waals surface area contributed by atoms with Crippen LogP contribution in [-0.4, -0.2) is 6.71 Å². The number of hydrogen-bond acceptors (Lipinski definition) is 3. The Morgan fingerprint density at radius 3 is 1.73 bits per heavy atom. The number of thiophene rings is 1. The van der Waals surface area contributed by atoms with Crippen molar-refractivity contribution in [3.8, 4) is 22.3 Å². The van der Waals surface area contributed by atoms with Crippen molar-refractivity contribution < 1.29 is 0 Å². The first kappa shape index (κ1) is 35.8. The summed E-state index contributed by atoms with van der Waals surface area (Å²) in [4.78, 5) is 6.61. The molecule has 0 bridgehead atoms. The van der Waals surface area contributed by atoms with Crippen molar-refractivity contribution >= 4 is 67.9 Å². The molecule has 0 fully saturated rings. The summed E-state index contributed by atoms with van der Waals surface area (Å²) in [7, 11) is 0. The predicted octanol–water partition coefficient (Wildman–Crippen LogP) is 13.1. The summed E-state index contributed by atoms with van der Waals surface area (Å²) in [5.41, 5.74) is 23.4. The van der Waals surface area contributed by atoms with Crippen LogP contribution >= 0.6 is 11.3 Å². The molecule has 8 aromatic rings. The van der Waals surface area contributed by atoms with Crippen molar-refractivity contribution in [3.05, 3.63) is 196 Å². The van der Waals surface area contributed by atoms with Crippen LogP contribution in [0.1, 0.15) is 79.8 Å². The molecule has 1 aromatic heterocycles. The summed E-state index contributed by atoms with van der Waals surface area (Å²) in [5, 5.41) is 0. The minimum atomic E-state index is -0.441. The first-order valence-corrected chi connectivity index (χ1v) is 22.3. The van der Waals surface area contributed by atoms with E-state index in [1.54, 1.807) is 0 Å². The molecule has 0 radical (unpaired) electrons.